The van der Waals surface area contributed by atoms with E-state index in [-0.39, 0.29) is 17.9 Å². The lowest BCUT2D eigenvalue weighted by Gasteiger charge is -2.18. The quantitative estimate of drug-likeness (QED) is 0.444. The van der Waals surface area contributed by atoms with Gasteiger partial charge >= 0.3 is 5.97 Å². The Morgan fingerprint density at radius 2 is 1.93 bits per heavy atom. The molecule has 5 nitrogen and oxygen atoms in total. The van der Waals surface area contributed by atoms with Gasteiger partial charge in [0.1, 0.15) is 11.5 Å². The number of nitrogens with one attached hydrogen (secondary N) is 1. The summed E-state index contributed by atoms with van der Waals surface area (Å²) >= 11 is 1.09. The summed E-state index contributed by atoms with van der Waals surface area (Å²) in [5, 5.41) is 3.03. The van der Waals surface area contributed by atoms with Gasteiger partial charge in [-0.05, 0) is 29.5 Å². The summed E-state index contributed by atoms with van der Waals surface area (Å²) in [6, 6.07) is 8.07. The SMILES string of the molecule is C=CCOC(=O)c1sc(NC(=O)/C=C/c2ccc(C(C)(C)C)cc2)nc1C. The van der Waals surface area contributed by atoms with Crippen molar-refractivity contribution in [1.29, 1.82) is 0 Å². The van der Waals surface area contributed by atoms with Crippen molar-refractivity contribution in [2.75, 3.05) is 11.9 Å². The van der Waals surface area contributed by atoms with Crippen molar-refractivity contribution >= 4 is 34.4 Å². The predicted octanol–water partition coefficient (Wildman–Crippen LogP) is 4.74. The van der Waals surface area contributed by atoms with Crippen LogP contribution in [0.2, 0.25) is 0 Å². The zero-order valence-corrected chi connectivity index (χ0v) is 16.9. The van der Waals surface area contributed by atoms with E-state index < -0.39 is 5.97 Å². The molecule has 0 saturated carbocycles. The first-order valence-electron chi connectivity index (χ1n) is 8.56. The number of benzene rings is 1. The van der Waals surface area contributed by atoms with Crippen molar-refractivity contribution in [2.24, 2.45) is 0 Å². The molecule has 2 aromatic rings. The predicted molar refractivity (Wildman–Crippen MR) is 110 cm³/mol. The number of nitrogens with zero attached hydrogens (tertiary/aromatic N) is 1. The molecule has 1 amide bonds. The van der Waals surface area contributed by atoms with Crippen molar-refractivity contribution in [3.8, 4) is 0 Å². The van der Waals surface area contributed by atoms with Gasteiger partial charge in [-0.1, -0.05) is 69.0 Å². The van der Waals surface area contributed by atoms with Gasteiger partial charge in [0.05, 0.1) is 5.69 Å². The van der Waals surface area contributed by atoms with Crippen LogP contribution in [0.15, 0.2) is 43.0 Å². The first-order chi connectivity index (χ1) is 12.7. The van der Waals surface area contributed by atoms with E-state index in [4.69, 9.17) is 4.74 Å². The molecular formula is C21H24N2O3S. The van der Waals surface area contributed by atoms with Gasteiger partial charge in [0.2, 0.25) is 5.91 Å². The van der Waals surface area contributed by atoms with E-state index in [0.717, 1.165) is 16.9 Å². The van der Waals surface area contributed by atoms with Gasteiger partial charge in [0, 0.05) is 6.08 Å². The second-order valence-electron chi connectivity index (χ2n) is 7.02. The molecule has 27 heavy (non-hydrogen) atoms. The molecule has 0 aliphatic rings. The molecule has 0 unspecified atom stereocenters. The minimum absolute atomic E-state index is 0.0901. The van der Waals surface area contributed by atoms with Gasteiger partial charge in [-0.2, -0.15) is 0 Å². The van der Waals surface area contributed by atoms with Crippen LogP contribution >= 0.6 is 11.3 Å². The number of ether oxygens (including phenoxy) is 1. The van der Waals surface area contributed by atoms with E-state index in [9.17, 15) is 9.59 Å². The van der Waals surface area contributed by atoms with Gasteiger partial charge < -0.3 is 4.74 Å². The molecule has 2 rings (SSSR count). The molecule has 142 valence electrons. The average molecular weight is 385 g/mol. The zero-order valence-electron chi connectivity index (χ0n) is 16.0. The Morgan fingerprint density at radius 3 is 2.52 bits per heavy atom. The normalized spacial score (nSPS) is 11.4. The average Bonchev–Trinajstić information content (AvgIpc) is 2.97. The van der Waals surface area contributed by atoms with Crippen LogP contribution in [0.5, 0.6) is 0 Å². The number of rotatable bonds is 6. The van der Waals surface area contributed by atoms with Crippen molar-refractivity contribution in [2.45, 2.75) is 33.1 Å². The van der Waals surface area contributed by atoms with Crippen molar-refractivity contribution in [3.63, 3.8) is 0 Å². The van der Waals surface area contributed by atoms with Crippen molar-refractivity contribution in [1.82, 2.24) is 4.98 Å². The fourth-order valence-corrected chi connectivity index (χ4v) is 3.12. The van der Waals surface area contributed by atoms with Gasteiger partial charge in [-0.3, -0.25) is 10.1 Å². The summed E-state index contributed by atoms with van der Waals surface area (Å²) < 4.78 is 5.00. The summed E-state index contributed by atoms with van der Waals surface area (Å²) in [6.45, 7) is 11.8. The zero-order chi connectivity index (χ0) is 20.0. The van der Waals surface area contributed by atoms with E-state index in [0.29, 0.717) is 15.7 Å². The summed E-state index contributed by atoms with van der Waals surface area (Å²) in [5.41, 5.74) is 2.78. The van der Waals surface area contributed by atoms with Crippen LogP contribution in [0, 0.1) is 6.92 Å². The van der Waals surface area contributed by atoms with Crippen LogP contribution < -0.4 is 5.32 Å². The van der Waals surface area contributed by atoms with Crippen LogP contribution in [-0.4, -0.2) is 23.5 Å². The van der Waals surface area contributed by atoms with E-state index in [2.05, 4.69) is 49.8 Å². The fraction of sp³-hybridized carbons (Fsp3) is 0.286. The molecule has 1 aromatic heterocycles. The third kappa shape index (κ3) is 5.89. The molecule has 1 N–H and O–H groups in total. The van der Waals surface area contributed by atoms with E-state index in [1.165, 1.54) is 17.7 Å². The molecular weight excluding hydrogens is 360 g/mol. The van der Waals surface area contributed by atoms with E-state index in [1.807, 2.05) is 12.1 Å². The minimum atomic E-state index is -0.472. The Labute approximate surface area is 163 Å². The monoisotopic (exact) mass is 384 g/mol. The summed E-state index contributed by atoms with van der Waals surface area (Å²) in [7, 11) is 0. The second kappa shape index (κ2) is 8.77. The Bertz CT molecular complexity index is 859. The maximum absolute atomic E-state index is 12.1. The van der Waals surface area contributed by atoms with Crippen LogP contribution in [0.1, 0.15) is 47.3 Å². The lowest BCUT2D eigenvalue weighted by Crippen LogP contribution is -2.10. The second-order valence-corrected chi connectivity index (χ2v) is 8.01. The lowest BCUT2D eigenvalue weighted by atomic mass is 9.87. The number of hydrogen-bond donors (Lipinski definition) is 1. The molecule has 0 spiro atoms. The highest BCUT2D eigenvalue weighted by atomic mass is 32.1. The lowest BCUT2D eigenvalue weighted by molar-refractivity contribution is -0.111. The Balaban J connectivity index is 2.00. The molecule has 0 atom stereocenters. The minimum Gasteiger partial charge on any atom is -0.457 e. The highest BCUT2D eigenvalue weighted by Gasteiger charge is 2.17. The molecule has 1 heterocycles. The first-order valence-corrected chi connectivity index (χ1v) is 9.37. The third-order valence-corrected chi connectivity index (χ3v) is 4.80. The van der Waals surface area contributed by atoms with Crippen molar-refractivity contribution in [3.05, 3.63) is 64.7 Å². The third-order valence-electron chi connectivity index (χ3n) is 3.75. The Kier molecular flexibility index (Phi) is 6.69. The van der Waals surface area contributed by atoms with Crippen molar-refractivity contribution < 1.29 is 14.3 Å². The Hall–Kier alpha value is -2.73. The number of thiazole rings is 1. The van der Waals surface area contributed by atoms with Crippen LogP contribution in [-0.2, 0) is 14.9 Å². The van der Waals surface area contributed by atoms with Gasteiger partial charge in [-0.15, -0.1) is 0 Å². The van der Waals surface area contributed by atoms with Crippen LogP contribution in [0.4, 0.5) is 5.13 Å². The maximum atomic E-state index is 12.1. The highest BCUT2D eigenvalue weighted by Crippen LogP contribution is 2.24. The molecule has 0 aliphatic heterocycles. The van der Waals surface area contributed by atoms with E-state index in [1.54, 1.807) is 13.0 Å². The number of anilines is 1. The molecule has 0 aliphatic carbocycles. The first kappa shape index (κ1) is 20.6. The smallest absolute Gasteiger partial charge is 0.350 e. The number of esters is 1. The summed E-state index contributed by atoms with van der Waals surface area (Å²) in [4.78, 5) is 28.6. The molecule has 0 saturated heterocycles. The number of aryl methyl sites for hydroxylation is 1. The number of hydrogen-bond acceptors (Lipinski definition) is 5. The van der Waals surface area contributed by atoms with Gasteiger partial charge in [0.15, 0.2) is 5.13 Å². The molecule has 0 radical (unpaired) electrons. The number of carbonyl (C=O) groups is 2. The standard InChI is InChI=1S/C21H24N2O3S/c1-6-13-26-19(25)18-14(2)22-20(27-18)23-17(24)12-9-15-7-10-16(11-8-15)21(3,4)5/h6-12H,1,13H2,2-5H3,(H,22,23,24)/b12-9+. The van der Waals surface area contributed by atoms with Crippen LogP contribution in [0.3, 0.4) is 0 Å². The molecule has 0 bridgehead atoms. The molecule has 0 fully saturated rings. The fourth-order valence-electron chi connectivity index (χ4n) is 2.25. The number of aromatic nitrogens is 1. The maximum Gasteiger partial charge on any atom is 0.350 e. The highest BCUT2D eigenvalue weighted by molar-refractivity contribution is 7.17. The Morgan fingerprint density at radius 1 is 1.26 bits per heavy atom. The van der Waals surface area contributed by atoms with Gasteiger partial charge in [-0.25, -0.2) is 9.78 Å². The largest absolute Gasteiger partial charge is 0.457 e. The summed E-state index contributed by atoms with van der Waals surface area (Å²) in [6.07, 6.45) is 4.68. The molecule has 6 heteroatoms. The van der Waals surface area contributed by atoms with Gasteiger partial charge in [0.25, 0.3) is 0 Å². The number of carbonyl (C=O) groups excluding carboxylic acids is 2. The van der Waals surface area contributed by atoms with E-state index >= 15 is 0 Å². The molecule has 1 aromatic carbocycles. The van der Waals surface area contributed by atoms with Crippen LogP contribution in [0.25, 0.3) is 6.08 Å². The number of amides is 1. The summed E-state index contributed by atoms with van der Waals surface area (Å²) in [5.74, 6) is -0.783. The topological polar surface area (TPSA) is 68.3 Å².